The molecule has 38 heavy (non-hydrogen) atoms. The number of hydrogen-bond donors (Lipinski definition) is 3. The standard InChI is InChI=1S/C24H42O9.C3H4O2/c1-24(2,3)21-6-4-5-7-22(21)33-23(26)20-32-19-18-31-17-16-30-15-14-29-13-12-28-11-10-27-9-8-25;1-2-3(4)5/h4-7,23,25-26H,8-20H2,1-3H3;2H,1H2,(H,4,5). The van der Waals surface area contributed by atoms with Crippen LogP contribution in [0.1, 0.15) is 26.3 Å². The lowest BCUT2D eigenvalue weighted by atomic mass is 9.86. The van der Waals surface area contributed by atoms with Crippen LogP contribution in [0.3, 0.4) is 0 Å². The first kappa shape index (κ1) is 35.9. The van der Waals surface area contributed by atoms with E-state index in [0.29, 0.717) is 78.4 Å². The van der Waals surface area contributed by atoms with Crippen LogP contribution >= 0.6 is 0 Å². The van der Waals surface area contributed by atoms with Crippen molar-refractivity contribution in [2.45, 2.75) is 32.5 Å². The molecule has 1 aromatic rings. The van der Waals surface area contributed by atoms with Gasteiger partial charge >= 0.3 is 5.97 Å². The summed E-state index contributed by atoms with van der Waals surface area (Å²) in [4.78, 5) is 9.25. The number of aliphatic hydroxyl groups is 2. The van der Waals surface area contributed by atoms with E-state index < -0.39 is 12.3 Å². The van der Waals surface area contributed by atoms with E-state index in [1.54, 1.807) is 0 Å². The van der Waals surface area contributed by atoms with Crippen LogP contribution in [-0.2, 0) is 38.6 Å². The molecule has 0 aliphatic heterocycles. The molecule has 0 aliphatic rings. The normalized spacial score (nSPS) is 11.9. The maximum atomic E-state index is 10.1. The predicted octanol–water partition coefficient (Wildman–Crippen LogP) is 2.03. The molecule has 1 rings (SSSR count). The zero-order chi connectivity index (χ0) is 28.5. The molecular weight excluding hydrogens is 500 g/mol. The molecule has 0 radical (unpaired) electrons. The van der Waals surface area contributed by atoms with Gasteiger partial charge in [0.05, 0.1) is 79.3 Å². The molecular formula is C27H46O11. The number of hydrogen-bond acceptors (Lipinski definition) is 10. The lowest BCUT2D eigenvalue weighted by Gasteiger charge is -2.24. The third-order valence-corrected chi connectivity index (χ3v) is 4.49. The van der Waals surface area contributed by atoms with Crippen LogP contribution in [0.25, 0.3) is 0 Å². The van der Waals surface area contributed by atoms with Crippen LogP contribution in [0, 0.1) is 0 Å². The van der Waals surface area contributed by atoms with Crippen molar-refractivity contribution in [3.63, 3.8) is 0 Å². The Morgan fingerprint density at radius 2 is 1.21 bits per heavy atom. The highest BCUT2D eigenvalue weighted by atomic mass is 16.6. The Morgan fingerprint density at radius 3 is 1.61 bits per heavy atom. The molecule has 1 unspecified atom stereocenters. The number of aliphatic hydroxyl groups excluding tert-OH is 2. The van der Waals surface area contributed by atoms with Crippen LogP contribution < -0.4 is 4.74 Å². The molecule has 0 fully saturated rings. The van der Waals surface area contributed by atoms with Gasteiger partial charge in [0, 0.05) is 6.08 Å². The SMILES string of the molecule is C=CC(=O)O.CC(C)(C)c1ccccc1OC(O)COCCOCCOCCOCCOCCOCCO. The fourth-order valence-corrected chi connectivity index (χ4v) is 2.72. The first-order chi connectivity index (χ1) is 18.2. The molecule has 11 heteroatoms. The van der Waals surface area contributed by atoms with Crippen molar-refractivity contribution in [2.24, 2.45) is 0 Å². The van der Waals surface area contributed by atoms with E-state index in [1.807, 2.05) is 24.3 Å². The van der Waals surface area contributed by atoms with Gasteiger partial charge in [-0.3, -0.25) is 0 Å². The summed E-state index contributed by atoms with van der Waals surface area (Å²) in [6.07, 6.45) is -0.207. The molecule has 0 aromatic heterocycles. The highest BCUT2D eigenvalue weighted by Gasteiger charge is 2.20. The molecule has 0 amide bonds. The van der Waals surface area contributed by atoms with Gasteiger partial charge in [-0.2, -0.15) is 0 Å². The van der Waals surface area contributed by atoms with Crippen molar-refractivity contribution in [2.75, 3.05) is 85.9 Å². The zero-order valence-corrected chi connectivity index (χ0v) is 23.0. The Labute approximate surface area is 226 Å². The lowest BCUT2D eigenvalue weighted by molar-refractivity contribution is -0.131. The molecule has 3 N–H and O–H groups in total. The molecule has 0 aliphatic carbocycles. The number of para-hydroxylation sites is 1. The maximum absolute atomic E-state index is 10.1. The third-order valence-electron chi connectivity index (χ3n) is 4.49. The molecule has 11 nitrogen and oxygen atoms in total. The second kappa shape index (κ2) is 24.0. The molecule has 1 atom stereocenters. The molecule has 1 aromatic carbocycles. The number of carboxylic acid groups (broad SMARTS) is 1. The highest BCUT2D eigenvalue weighted by Crippen LogP contribution is 2.31. The zero-order valence-electron chi connectivity index (χ0n) is 23.0. The van der Waals surface area contributed by atoms with Gasteiger partial charge in [0.15, 0.2) is 0 Å². The average molecular weight is 547 g/mol. The van der Waals surface area contributed by atoms with Gasteiger partial charge in [-0.25, -0.2) is 4.79 Å². The van der Waals surface area contributed by atoms with Gasteiger partial charge in [-0.05, 0) is 17.0 Å². The molecule has 0 bridgehead atoms. The van der Waals surface area contributed by atoms with E-state index in [4.69, 9.17) is 43.4 Å². The Hall–Kier alpha value is -2.09. The molecule has 0 heterocycles. The average Bonchev–Trinajstić information content (AvgIpc) is 2.88. The Morgan fingerprint density at radius 1 is 0.816 bits per heavy atom. The summed E-state index contributed by atoms with van der Waals surface area (Å²) in [7, 11) is 0. The van der Waals surface area contributed by atoms with Crippen molar-refractivity contribution in [1.29, 1.82) is 0 Å². The number of benzene rings is 1. The van der Waals surface area contributed by atoms with Crippen LogP contribution in [0.4, 0.5) is 0 Å². The number of carboxylic acids is 1. The first-order valence-corrected chi connectivity index (χ1v) is 12.6. The minimum absolute atomic E-state index is 0.0232. The summed E-state index contributed by atoms with van der Waals surface area (Å²) in [6.45, 7) is 14.3. The number of ether oxygens (including phenoxy) is 7. The minimum atomic E-state index is -1.04. The quantitative estimate of drug-likeness (QED) is 0.112. The van der Waals surface area contributed by atoms with Crippen LogP contribution in [0.2, 0.25) is 0 Å². The fourth-order valence-electron chi connectivity index (χ4n) is 2.72. The van der Waals surface area contributed by atoms with E-state index in [0.717, 1.165) is 11.6 Å². The second-order valence-corrected chi connectivity index (χ2v) is 8.72. The monoisotopic (exact) mass is 546 g/mol. The van der Waals surface area contributed by atoms with Gasteiger partial charge in [0.2, 0.25) is 6.29 Å². The van der Waals surface area contributed by atoms with Gasteiger partial charge in [0.1, 0.15) is 12.4 Å². The van der Waals surface area contributed by atoms with Crippen LogP contribution in [0.15, 0.2) is 36.9 Å². The third kappa shape index (κ3) is 21.9. The van der Waals surface area contributed by atoms with Crippen LogP contribution in [-0.4, -0.2) is 113 Å². The van der Waals surface area contributed by atoms with E-state index >= 15 is 0 Å². The Bertz CT molecular complexity index is 707. The van der Waals surface area contributed by atoms with Crippen molar-refractivity contribution < 1.29 is 53.3 Å². The summed E-state index contributed by atoms with van der Waals surface area (Å²) >= 11 is 0. The number of carbonyl (C=O) groups is 1. The van der Waals surface area contributed by atoms with Gasteiger partial charge in [0.25, 0.3) is 0 Å². The maximum Gasteiger partial charge on any atom is 0.327 e. The molecule has 0 saturated heterocycles. The summed E-state index contributed by atoms with van der Waals surface area (Å²) < 4.78 is 37.7. The smallest absolute Gasteiger partial charge is 0.327 e. The summed E-state index contributed by atoms with van der Waals surface area (Å²) in [6, 6.07) is 7.69. The van der Waals surface area contributed by atoms with Gasteiger partial charge in [-0.1, -0.05) is 45.5 Å². The fraction of sp³-hybridized carbons (Fsp3) is 0.667. The lowest BCUT2D eigenvalue weighted by Crippen LogP contribution is -2.25. The van der Waals surface area contributed by atoms with Gasteiger partial charge < -0.3 is 48.5 Å². The first-order valence-electron chi connectivity index (χ1n) is 12.6. The molecule has 0 saturated carbocycles. The molecule has 0 spiro atoms. The summed E-state index contributed by atoms with van der Waals surface area (Å²) in [5, 5.41) is 26.2. The van der Waals surface area contributed by atoms with Gasteiger partial charge in [-0.15, -0.1) is 0 Å². The van der Waals surface area contributed by atoms with Crippen molar-refractivity contribution in [3.05, 3.63) is 42.5 Å². The Kier molecular flexibility index (Phi) is 22.7. The Balaban J connectivity index is 0.00000249. The van der Waals surface area contributed by atoms with E-state index in [1.165, 1.54) is 0 Å². The van der Waals surface area contributed by atoms with E-state index in [2.05, 4.69) is 27.4 Å². The van der Waals surface area contributed by atoms with E-state index in [9.17, 15) is 9.90 Å². The minimum Gasteiger partial charge on any atom is -0.478 e. The predicted molar refractivity (Wildman–Crippen MR) is 142 cm³/mol. The number of aliphatic carboxylic acids is 1. The van der Waals surface area contributed by atoms with Crippen molar-refractivity contribution in [1.82, 2.24) is 0 Å². The highest BCUT2D eigenvalue weighted by molar-refractivity contribution is 5.78. The van der Waals surface area contributed by atoms with E-state index in [-0.39, 0.29) is 18.6 Å². The molecule has 220 valence electrons. The van der Waals surface area contributed by atoms with Crippen molar-refractivity contribution in [3.8, 4) is 5.75 Å². The summed E-state index contributed by atoms with van der Waals surface area (Å²) in [5.41, 5.74) is 0.955. The largest absolute Gasteiger partial charge is 0.478 e. The number of rotatable bonds is 22. The second-order valence-electron chi connectivity index (χ2n) is 8.72. The summed E-state index contributed by atoms with van der Waals surface area (Å²) in [5.74, 6) is -0.320. The van der Waals surface area contributed by atoms with Crippen LogP contribution in [0.5, 0.6) is 5.75 Å². The topological polar surface area (TPSA) is 142 Å². The van der Waals surface area contributed by atoms with Crippen molar-refractivity contribution >= 4 is 5.97 Å².